The fourth-order valence-corrected chi connectivity index (χ4v) is 2.48. The van der Waals surface area contributed by atoms with Crippen molar-refractivity contribution in [1.29, 1.82) is 0 Å². The first-order chi connectivity index (χ1) is 7.67. The number of ether oxygens (including phenoxy) is 1. The molecule has 0 aliphatic carbocycles. The van der Waals surface area contributed by atoms with E-state index in [1.165, 1.54) is 4.90 Å². The van der Waals surface area contributed by atoms with Gasteiger partial charge in [-0.05, 0) is 37.7 Å². The van der Waals surface area contributed by atoms with Crippen LogP contribution in [0.25, 0.3) is 0 Å². The molecule has 0 amide bonds. The first-order valence-corrected chi connectivity index (χ1v) is 6.59. The molecular weight excluding hydrogens is 218 g/mol. The van der Waals surface area contributed by atoms with E-state index in [0.717, 1.165) is 12.3 Å². The number of nitrogens with one attached hydrogen (secondary N) is 1. The van der Waals surface area contributed by atoms with Crippen molar-refractivity contribution in [3.05, 3.63) is 24.3 Å². The molecule has 90 valence electrons. The van der Waals surface area contributed by atoms with Crippen LogP contribution in [0.5, 0.6) is 5.75 Å². The van der Waals surface area contributed by atoms with Crippen LogP contribution in [0.1, 0.15) is 20.8 Å². The lowest BCUT2D eigenvalue weighted by Crippen LogP contribution is -2.33. The van der Waals surface area contributed by atoms with Gasteiger partial charge in [0.15, 0.2) is 0 Å². The Morgan fingerprint density at radius 1 is 1.25 bits per heavy atom. The minimum absolute atomic E-state index is 0.525. The van der Waals surface area contributed by atoms with Crippen LogP contribution in [-0.4, -0.2) is 24.9 Å². The molecule has 0 fully saturated rings. The molecule has 0 radical (unpaired) electrons. The molecule has 1 N–H and O–H groups in total. The maximum Gasteiger partial charge on any atom is 0.118 e. The molecule has 0 aliphatic rings. The van der Waals surface area contributed by atoms with Crippen LogP contribution < -0.4 is 10.1 Å². The highest BCUT2D eigenvalue weighted by Crippen LogP contribution is 2.26. The van der Waals surface area contributed by atoms with Gasteiger partial charge in [0.1, 0.15) is 5.75 Å². The molecule has 1 aromatic carbocycles. The summed E-state index contributed by atoms with van der Waals surface area (Å²) in [5, 5.41) is 4.01. The zero-order chi connectivity index (χ0) is 12.0. The smallest absolute Gasteiger partial charge is 0.118 e. The van der Waals surface area contributed by atoms with Crippen molar-refractivity contribution in [2.45, 2.75) is 37.0 Å². The number of rotatable bonds is 6. The van der Waals surface area contributed by atoms with E-state index in [1.54, 1.807) is 7.11 Å². The van der Waals surface area contributed by atoms with Gasteiger partial charge in [0.25, 0.3) is 0 Å². The number of thioether (sulfide) groups is 1. The Labute approximate surface area is 103 Å². The quantitative estimate of drug-likeness (QED) is 0.770. The van der Waals surface area contributed by atoms with Gasteiger partial charge in [-0.3, -0.25) is 0 Å². The third-order valence-electron chi connectivity index (χ3n) is 2.61. The second-order valence-electron chi connectivity index (χ2n) is 3.84. The largest absolute Gasteiger partial charge is 0.497 e. The standard InChI is InChI=1S/C13H21NOS/c1-5-14-10(2)11(3)16-13-8-6-12(15-4)7-9-13/h6-11,14H,5H2,1-4H3. The van der Waals surface area contributed by atoms with Gasteiger partial charge in [-0.15, -0.1) is 11.8 Å². The number of hydrogen-bond acceptors (Lipinski definition) is 3. The topological polar surface area (TPSA) is 21.3 Å². The van der Waals surface area contributed by atoms with Crippen LogP contribution in [0.15, 0.2) is 29.2 Å². The molecule has 0 saturated heterocycles. The van der Waals surface area contributed by atoms with E-state index in [9.17, 15) is 0 Å². The van der Waals surface area contributed by atoms with E-state index in [0.29, 0.717) is 11.3 Å². The van der Waals surface area contributed by atoms with Gasteiger partial charge < -0.3 is 10.1 Å². The van der Waals surface area contributed by atoms with E-state index < -0.39 is 0 Å². The van der Waals surface area contributed by atoms with Gasteiger partial charge in [-0.2, -0.15) is 0 Å². The van der Waals surface area contributed by atoms with Crippen molar-refractivity contribution < 1.29 is 4.74 Å². The molecule has 0 saturated carbocycles. The van der Waals surface area contributed by atoms with Crippen LogP contribution >= 0.6 is 11.8 Å². The van der Waals surface area contributed by atoms with Crippen LogP contribution in [0.4, 0.5) is 0 Å². The van der Waals surface area contributed by atoms with Crippen LogP contribution in [0.2, 0.25) is 0 Å². The van der Waals surface area contributed by atoms with E-state index in [-0.39, 0.29) is 0 Å². The number of hydrogen-bond donors (Lipinski definition) is 1. The molecule has 0 aromatic heterocycles. The normalized spacial score (nSPS) is 14.5. The fraction of sp³-hybridized carbons (Fsp3) is 0.538. The Kier molecular flexibility index (Phi) is 5.71. The first-order valence-electron chi connectivity index (χ1n) is 5.71. The van der Waals surface area contributed by atoms with Gasteiger partial charge in [-0.25, -0.2) is 0 Å². The molecule has 3 heteroatoms. The third-order valence-corrected chi connectivity index (χ3v) is 3.94. The van der Waals surface area contributed by atoms with Crippen molar-refractivity contribution in [2.75, 3.05) is 13.7 Å². The zero-order valence-corrected chi connectivity index (χ0v) is 11.3. The lowest BCUT2D eigenvalue weighted by molar-refractivity contribution is 0.414. The molecule has 2 atom stereocenters. The number of benzene rings is 1. The lowest BCUT2D eigenvalue weighted by atomic mass is 10.2. The minimum Gasteiger partial charge on any atom is -0.497 e. The average molecular weight is 239 g/mol. The third kappa shape index (κ3) is 4.06. The highest BCUT2D eigenvalue weighted by molar-refractivity contribution is 8.00. The summed E-state index contributed by atoms with van der Waals surface area (Å²) in [6.45, 7) is 7.64. The molecule has 2 unspecified atom stereocenters. The lowest BCUT2D eigenvalue weighted by Gasteiger charge is -2.20. The van der Waals surface area contributed by atoms with E-state index in [1.807, 2.05) is 23.9 Å². The number of methoxy groups -OCH3 is 1. The monoisotopic (exact) mass is 239 g/mol. The summed E-state index contributed by atoms with van der Waals surface area (Å²) in [4.78, 5) is 1.29. The molecule has 1 aromatic rings. The summed E-state index contributed by atoms with van der Waals surface area (Å²) in [7, 11) is 1.69. The Balaban J connectivity index is 2.52. The summed E-state index contributed by atoms with van der Waals surface area (Å²) in [6, 6.07) is 8.76. The van der Waals surface area contributed by atoms with Gasteiger partial charge >= 0.3 is 0 Å². The summed E-state index contributed by atoms with van der Waals surface area (Å²) in [6.07, 6.45) is 0. The summed E-state index contributed by atoms with van der Waals surface area (Å²) < 4.78 is 5.14. The average Bonchev–Trinajstić information content (AvgIpc) is 2.30. The van der Waals surface area contributed by atoms with Crippen LogP contribution in [0.3, 0.4) is 0 Å². The minimum atomic E-state index is 0.525. The first kappa shape index (κ1) is 13.4. The zero-order valence-electron chi connectivity index (χ0n) is 10.5. The predicted molar refractivity (Wildman–Crippen MR) is 71.5 cm³/mol. The second kappa shape index (κ2) is 6.81. The van der Waals surface area contributed by atoms with Gasteiger partial charge in [-0.1, -0.05) is 13.8 Å². The van der Waals surface area contributed by atoms with E-state index in [2.05, 4.69) is 38.2 Å². The fourth-order valence-electron chi connectivity index (χ4n) is 1.46. The Bertz CT molecular complexity index is 299. The van der Waals surface area contributed by atoms with Crippen molar-refractivity contribution in [1.82, 2.24) is 5.32 Å². The molecule has 0 heterocycles. The molecular formula is C13H21NOS. The van der Waals surface area contributed by atoms with Gasteiger partial charge in [0, 0.05) is 16.2 Å². The Morgan fingerprint density at radius 2 is 1.88 bits per heavy atom. The Morgan fingerprint density at radius 3 is 2.38 bits per heavy atom. The van der Waals surface area contributed by atoms with E-state index >= 15 is 0 Å². The molecule has 0 spiro atoms. The van der Waals surface area contributed by atoms with Crippen molar-refractivity contribution in [3.8, 4) is 5.75 Å². The Hall–Kier alpha value is -0.670. The van der Waals surface area contributed by atoms with Crippen molar-refractivity contribution in [3.63, 3.8) is 0 Å². The molecule has 1 rings (SSSR count). The van der Waals surface area contributed by atoms with Gasteiger partial charge in [0.2, 0.25) is 0 Å². The second-order valence-corrected chi connectivity index (χ2v) is 5.30. The molecule has 0 aliphatic heterocycles. The SMILES string of the molecule is CCNC(C)C(C)Sc1ccc(OC)cc1. The maximum atomic E-state index is 5.14. The molecule has 2 nitrogen and oxygen atoms in total. The van der Waals surface area contributed by atoms with Crippen molar-refractivity contribution >= 4 is 11.8 Å². The van der Waals surface area contributed by atoms with E-state index in [4.69, 9.17) is 4.74 Å². The summed E-state index contributed by atoms with van der Waals surface area (Å²) in [5.74, 6) is 0.914. The van der Waals surface area contributed by atoms with Crippen LogP contribution in [0, 0.1) is 0 Å². The van der Waals surface area contributed by atoms with Crippen LogP contribution in [-0.2, 0) is 0 Å². The maximum absolute atomic E-state index is 5.14. The van der Waals surface area contributed by atoms with Gasteiger partial charge in [0.05, 0.1) is 7.11 Å². The predicted octanol–water partition coefficient (Wildman–Crippen LogP) is 3.17. The highest BCUT2D eigenvalue weighted by atomic mass is 32.2. The molecule has 0 bridgehead atoms. The summed E-state index contributed by atoms with van der Waals surface area (Å²) in [5.41, 5.74) is 0. The molecule has 16 heavy (non-hydrogen) atoms. The van der Waals surface area contributed by atoms with Crippen molar-refractivity contribution in [2.24, 2.45) is 0 Å². The highest BCUT2D eigenvalue weighted by Gasteiger charge is 2.11. The summed E-state index contributed by atoms with van der Waals surface area (Å²) >= 11 is 1.89.